The van der Waals surface area contributed by atoms with Crippen LogP contribution in [-0.4, -0.2) is 0 Å². The molecule has 0 saturated carbocycles. The molecule has 0 unspecified atom stereocenters. The standard InChI is InChI=1S/C27H30F2/c1-2-3-4-5-6-10-20-13-15-23-22-11-8-7-9-19(22)12-16-24(23)27(20)21-14-17-25(28)26(29)18-21/h7-9,11-12,14,16-18,20,27H,2-6,10,13,15H2,1H3/t20-,27-/m1/s1. The summed E-state index contributed by atoms with van der Waals surface area (Å²) in [5, 5.41) is 2.56. The van der Waals surface area contributed by atoms with E-state index in [-0.39, 0.29) is 5.92 Å². The Morgan fingerprint density at radius 2 is 1.69 bits per heavy atom. The maximum Gasteiger partial charge on any atom is 0.159 e. The van der Waals surface area contributed by atoms with Crippen LogP contribution in [0.15, 0.2) is 54.6 Å². The molecule has 152 valence electrons. The van der Waals surface area contributed by atoms with Gasteiger partial charge in [-0.15, -0.1) is 0 Å². The summed E-state index contributed by atoms with van der Waals surface area (Å²) in [6.45, 7) is 2.24. The van der Waals surface area contributed by atoms with E-state index in [9.17, 15) is 8.78 Å². The highest BCUT2D eigenvalue weighted by Crippen LogP contribution is 2.45. The fraction of sp³-hybridized carbons (Fsp3) is 0.407. The lowest BCUT2D eigenvalue weighted by Gasteiger charge is -2.35. The average molecular weight is 393 g/mol. The van der Waals surface area contributed by atoms with Gasteiger partial charge in [-0.1, -0.05) is 81.5 Å². The highest BCUT2D eigenvalue weighted by molar-refractivity contribution is 5.87. The monoisotopic (exact) mass is 392 g/mol. The molecule has 1 aliphatic rings. The first-order valence-electron chi connectivity index (χ1n) is 11.1. The highest BCUT2D eigenvalue weighted by atomic mass is 19.2. The molecular weight excluding hydrogens is 362 g/mol. The van der Waals surface area contributed by atoms with Crippen molar-refractivity contribution in [3.05, 3.63) is 82.9 Å². The molecule has 0 aromatic heterocycles. The highest BCUT2D eigenvalue weighted by Gasteiger charge is 2.31. The van der Waals surface area contributed by atoms with Crippen molar-refractivity contribution in [2.24, 2.45) is 5.92 Å². The Labute approximate surface area is 173 Å². The van der Waals surface area contributed by atoms with Crippen LogP contribution in [0.3, 0.4) is 0 Å². The first-order chi connectivity index (χ1) is 14.2. The van der Waals surface area contributed by atoms with Crippen molar-refractivity contribution in [2.45, 2.75) is 64.2 Å². The van der Waals surface area contributed by atoms with Crippen molar-refractivity contribution in [2.75, 3.05) is 0 Å². The maximum absolute atomic E-state index is 14.1. The van der Waals surface area contributed by atoms with E-state index in [1.54, 1.807) is 6.07 Å². The van der Waals surface area contributed by atoms with Crippen LogP contribution < -0.4 is 0 Å². The van der Waals surface area contributed by atoms with Gasteiger partial charge in [0.15, 0.2) is 11.6 Å². The van der Waals surface area contributed by atoms with Crippen molar-refractivity contribution >= 4 is 10.8 Å². The second kappa shape index (κ2) is 9.07. The van der Waals surface area contributed by atoms with Crippen molar-refractivity contribution in [1.29, 1.82) is 0 Å². The smallest absolute Gasteiger partial charge is 0.159 e. The lowest BCUT2D eigenvalue weighted by molar-refractivity contribution is 0.366. The van der Waals surface area contributed by atoms with E-state index in [2.05, 4.69) is 43.3 Å². The molecule has 0 radical (unpaired) electrons. The number of hydrogen-bond donors (Lipinski definition) is 0. The van der Waals surface area contributed by atoms with Crippen molar-refractivity contribution in [3.63, 3.8) is 0 Å². The van der Waals surface area contributed by atoms with Gasteiger partial charge < -0.3 is 0 Å². The molecule has 0 fully saturated rings. The Morgan fingerprint density at radius 1 is 0.862 bits per heavy atom. The van der Waals surface area contributed by atoms with Crippen LogP contribution in [0.2, 0.25) is 0 Å². The predicted octanol–water partition coefficient (Wildman–Crippen LogP) is 8.17. The molecule has 0 nitrogen and oxygen atoms in total. The normalized spacial score (nSPS) is 18.7. The third-order valence-electron chi connectivity index (χ3n) is 6.63. The second-order valence-electron chi connectivity index (χ2n) is 8.51. The zero-order valence-corrected chi connectivity index (χ0v) is 17.3. The molecule has 1 aliphatic carbocycles. The third kappa shape index (κ3) is 4.22. The number of aryl methyl sites for hydroxylation is 1. The first-order valence-corrected chi connectivity index (χ1v) is 11.1. The summed E-state index contributed by atoms with van der Waals surface area (Å²) in [5.74, 6) is -0.878. The second-order valence-corrected chi connectivity index (χ2v) is 8.51. The molecule has 0 heterocycles. The van der Waals surface area contributed by atoms with Crippen molar-refractivity contribution < 1.29 is 8.78 Å². The zero-order valence-electron chi connectivity index (χ0n) is 17.3. The molecule has 3 aromatic carbocycles. The van der Waals surface area contributed by atoms with Crippen LogP contribution in [-0.2, 0) is 6.42 Å². The summed E-state index contributed by atoms with van der Waals surface area (Å²) < 4.78 is 27.7. The molecule has 0 bridgehead atoms. The fourth-order valence-electron chi connectivity index (χ4n) is 5.15. The molecule has 0 saturated heterocycles. The Kier molecular flexibility index (Phi) is 6.28. The van der Waals surface area contributed by atoms with Gasteiger partial charge in [-0.3, -0.25) is 0 Å². The minimum Gasteiger partial charge on any atom is -0.204 e. The number of halogens is 2. The minimum absolute atomic E-state index is 0.143. The molecule has 29 heavy (non-hydrogen) atoms. The summed E-state index contributed by atoms with van der Waals surface area (Å²) in [7, 11) is 0. The SMILES string of the molecule is CCCCCCC[C@@H]1CCc2c(ccc3ccccc23)[C@H]1c1ccc(F)c(F)c1. The summed E-state index contributed by atoms with van der Waals surface area (Å²) in [5.41, 5.74) is 3.61. The summed E-state index contributed by atoms with van der Waals surface area (Å²) in [4.78, 5) is 0. The Hall–Kier alpha value is -2.22. The summed E-state index contributed by atoms with van der Waals surface area (Å²) in [6, 6.07) is 17.4. The van der Waals surface area contributed by atoms with E-state index in [1.165, 1.54) is 66.1 Å². The number of fused-ring (bicyclic) bond motifs is 3. The van der Waals surface area contributed by atoms with Crippen LogP contribution in [0.1, 0.15) is 74.5 Å². The van der Waals surface area contributed by atoms with E-state index in [4.69, 9.17) is 0 Å². The number of hydrogen-bond acceptors (Lipinski definition) is 0. The quantitative estimate of drug-likeness (QED) is 0.356. The van der Waals surface area contributed by atoms with Crippen LogP contribution in [0.4, 0.5) is 8.78 Å². The van der Waals surface area contributed by atoms with E-state index in [0.717, 1.165) is 24.8 Å². The molecule has 2 heteroatoms. The minimum atomic E-state index is -0.764. The van der Waals surface area contributed by atoms with Gasteiger partial charge in [0.05, 0.1) is 0 Å². The number of unbranched alkanes of at least 4 members (excludes halogenated alkanes) is 4. The van der Waals surface area contributed by atoms with E-state index in [0.29, 0.717) is 5.92 Å². The van der Waals surface area contributed by atoms with Crippen LogP contribution in [0.5, 0.6) is 0 Å². The topological polar surface area (TPSA) is 0 Å². The Morgan fingerprint density at radius 3 is 2.52 bits per heavy atom. The van der Waals surface area contributed by atoms with E-state index in [1.807, 2.05) is 0 Å². The number of rotatable bonds is 7. The van der Waals surface area contributed by atoms with Crippen molar-refractivity contribution in [1.82, 2.24) is 0 Å². The predicted molar refractivity (Wildman–Crippen MR) is 117 cm³/mol. The van der Waals surface area contributed by atoms with Gasteiger partial charge >= 0.3 is 0 Å². The third-order valence-corrected chi connectivity index (χ3v) is 6.63. The van der Waals surface area contributed by atoms with Gasteiger partial charge in [0.25, 0.3) is 0 Å². The van der Waals surface area contributed by atoms with E-state index < -0.39 is 11.6 Å². The number of benzene rings is 3. The van der Waals surface area contributed by atoms with Crippen molar-refractivity contribution in [3.8, 4) is 0 Å². The Bertz CT molecular complexity index is 975. The fourth-order valence-corrected chi connectivity index (χ4v) is 5.15. The lowest BCUT2D eigenvalue weighted by atomic mass is 9.69. The molecule has 0 aliphatic heterocycles. The molecule has 4 rings (SSSR count). The molecular formula is C27H30F2. The summed E-state index contributed by atoms with van der Waals surface area (Å²) in [6.07, 6.45) is 9.65. The van der Waals surface area contributed by atoms with E-state index >= 15 is 0 Å². The largest absolute Gasteiger partial charge is 0.204 e. The maximum atomic E-state index is 14.1. The first kappa shape index (κ1) is 20.1. The van der Waals surface area contributed by atoms with Gasteiger partial charge in [0.1, 0.15) is 0 Å². The lowest BCUT2D eigenvalue weighted by Crippen LogP contribution is -2.22. The Balaban J connectivity index is 1.70. The molecule has 0 N–H and O–H groups in total. The molecule has 2 atom stereocenters. The van der Waals surface area contributed by atoms with Gasteiger partial charge in [-0.25, -0.2) is 8.78 Å². The van der Waals surface area contributed by atoms with Gasteiger partial charge in [-0.05, 0) is 64.8 Å². The van der Waals surface area contributed by atoms with Crippen LogP contribution >= 0.6 is 0 Å². The van der Waals surface area contributed by atoms with Gasteiger partial charge in [0.2, 0.25) is 0 Å². The van der Waals surface area contributed by atoms with Crippen LogP contribution in [0, 0.1) is 17.6 Å². The summed E-state index contributed by atoms with van der Waals surface area (Å²) >= 11 is 0. The molecule has 3 aromatic rings. The van der Waals surface area contributed by atoms with Gasteiger partial charge in [0, 0.05) is 5.92 Å². The van der Waals surface area contributed by atoms with Gasteiger partial charge in [-0.2, -0.15) is 0 Å². The van der Waals surface area contributed by atoms with Crippen LogP contribution in [0.25, 0.3) is 10.8 Å². The molecule has 0 amide bonds. The molecule has 0 spiro atoms. The zero-order chi connectivity index (χ0) is 20.2. The average Bonchev–Trinajstić information content (AvgIpc) is 2.75.